The second-order valence-electron chi connectivity index (χ2n) is 9.13. The highest BCUT2D eigenvalue weighted by Gasteiger charge is 2.15. The van der Waals surface area contributed by atoms with Crippen LogP contribution in [0.3, 0.4) is 0 Å². The Bertz CT molecular complexity index is 1270. The summed E-state index contributed by atoms with van der Waals surface area (Å²) in [6, 6.07) is 14.4. The molecule has 3 N–H and O–H groups in total. The topological polar surface area (TPSA) is 115 Å². The Morgan fingerprint density at radius 1 is 1.21 bits per heavy atom. The highest BCUT2D eigenvalue weighted by atomic mass is 35.5. The van der Waals surface area contributed by atoms with E-state index in [2.05, 4.69) is 62.0 Å². The van der Waals surface area contributed by atoms with E-state index in [0.717, 1.165) is 38.3 Å². The monoisotopic (exact) mass is 533 g/mol. The zero-order valence-electron chi connectivity index (χ0n) is 21.6. The fraction of sp³-hybridized carbons (Fsp3) is 0.357. The lowest BCUT2D eigenvalue weighted by molar-refractivity contribution is -0.115. The van der Waals surface area contributed by atoms with E-state index in [0.29, 0.717) is 28.6 Å². The van der Waals surface area contributed by atoms with Crippen LogP contribution in [0.25, 0.3) is 0 Å². The van der Waals surface area contributed by atoms with Crippen molar-refractivity contribution in [3.63, 3.8) is 0 Å². The van der Waals surface area contributed by atoms with Gasteiger partial charge in [-0.3, -0.25) is 9.78 Å². The molecule has 38 heavy (non-hydrogen) atoms. The minimum absolute atomic E-state index is 0.0132. The highest BCUT2D eigenvalue weighted by Crippen LogP contribution is 2.32. The largest absolute Gasteiger partial charge is 0.495 e. The van der Waals surface area contributed by atoms with Gasteiger partial charge >= 0.3 is 0 Å². The third kappa shape index (κ3) is 7.19. The summed E-state index contributed by atoms with van der Waals surface area (Å²) in [6.07, 6.45) is 3.47. The average molecular weight is 534 g/mol. The minimum Gasteiger partial charge on any atom is -0.495 e. The zero-order valence-corrected chi connectivity index (χ0v) is 22.4. The van der Waals surface area contributed by atoms with E-state index < -0.39 is 0 Å². The third-order valence-corrected chi connectivity index (χ3v) is 6.88. The molecule has 0 unspecified atom stereocenters. The van der Waals surface area contributed by atoms with Gasteiger partial charge in [0.05, 0.1) is 37.3 Å². The van der Waals surface area contributed by atoms with Crippen LogP contribution in [0.2, 0.25) is 5.02 Å². The van der Waals surface area contributed by atoms with Crippen molar-refractivity contribution in [1.29, 1.82) is 5.26 Å². The quantitative estimate of drug-likeness (QED) is 0.363. The summed E-state index contributed by atoms with van der Waals surface area (Å²) in [4.78, 5) is 23.0. The molecule has 3 aromatic rings. The molecule has 2 aromatic carbocycles. The lowest BCUT2D eigenvalue weighted by Gasteiger charge is -2.29. The molecule has 1 aromatic heterocycles. The number of anilines is 2. The summed E-state index contributed by atoms with van der Waals surface area (Å²) in [5.41, 5.74) is 4.57. The number of hydrogen-bond acceptors (Lipinski definition) is 8. The number of carbonyl (C=O) groups is 1. The average Bonchev–Trinajstić information content (AvgIpc) is 2.95. The van der Waals surface area contributed by atoms with Gasteiger partial charge in [-0.25, -0.2) is 4.98 Å². The molecule has 4 rings (SSSR count). The van der Waals surface area contributed by atoms with E-state index in [1.165, 1.54) is 23.6 Å². The Morgan fingerprint density at radius 3 is 2.63 bits per heavy atom. The molecule has 0 bridgehead atoms. The number of piperazine rings is 1. The number of rotatable bonds is 10. The Morgan fingerprint density at radius 2 is 1.97 bits per heavy atom. The van der Waals surface area contributed by atoms with Gasteiger partial charge in [0, 0.05) is 42.9 Å². The fourth-order valence-corrected chi connectivity index (χ4v) is 4.61. The molecule has 0 aliphatic carbocycles. The number of hydrogen-bond donors (Lipinski definition) is 3. The zero-order chi connectivity index (χ0) is 26.9. The van der Waals surface area contributed by atoms with Crippen LogP contribution in [0.4, 0.5) is 11.4 Å². The molecule has 1 saturated heterocycles. The standard InChI is InChI=1S/C28H32ClN7O2/c1-19(20-3-5-24(6-4-20)36-11-9-31-10-12-36)32-8-7-21-13-27(38-2)26(15-25(21)29)35-28(37)14-22-17-34-23(16-30)18-33-22/h3-6,13,15,17-19,31-32H,7-12,14H2,1-2H3,(H,35,37)/t19-/m0/s1. The molecule has 198 valence electrons. The van der Waals surface area contributed by atoms with Gasteiger partial charge in [-0.2, -0.15) is 5.26 Å². The number of ether oxygens (including phenoxy) is 1. The summed E-state index contributed by atoms with van der Waals surface area (Å²) < 4.78 is 5.51. The van der Waals surface area contributed by atoms with E-state index in [1.807, 2.05) is 12.1 Å². The number of nitrogens with one attached hydrogen (secondary N) is 3. The number of benzene rings is 2. The van der Waals surface area contributed by atoms with Crippen molar-refractivity contribution in [2.24, 2.45) is 0 Å². The predicted molar refractivity (Wildman–Crippen MR) is 149 cm³/mol. The van der Waals surface area contributed by atoms with E-state index in [9.17, 15) is 4.79 Å². The van der Waals surface area contributed by atoms with E-state index in [-0.39, 0.29) is 24.1 Å². The van der Waals surface area contributed by atoms with Crippen LogP contribution in [0.15, 0.2) is 48.8 Å². The van der Waals surface area contributed by atoms with Gasteiger partial charge in [-0.05, 0) is 55.3 Å². The van der Waals surface area contributed by atoms with Crippen LogP contribution < -0.4 is 25.6 Å². The van der Waals surface area contributed by atoms with Crippen molar-refractivity contribution in [1.82, 2.24) is 20.6 Å². The van der Waals surface area contributed by atoms with Crippen molar-refractivity contribution < 1.29 is 9.53 Å². The molecule has 2 heterocycles. The Kier molecular flexibility index (Phi) is 9.49. The molecule has 10 heteroatoms. The SMILES string of the molecule is COc1cc(CCN[C@@H](C)c2ccc(N3CCNCC3)cc2)c(Cl)cc1NC(=O)Cc1cnc(C#N)cn1. The van der Waals surface area contributed by atoms with E-state index in [4.69, 9.17) is 21.6 Å². The number of carbonyl (C=O) groups excluding carboxylic acids is 1. The Labute approximate surface area is 228 Å². The first kappa shape index (κ1) is 27.3. The van der Waals surface area contributed by atoms with Crippen LogP contribution in [-0.4, -0.2) is 55.7 Å². The van der Waals surface area contributed by atoms with Crippen molar-refractivity contribution in [3.05, 3.63) is 76.3 Å². The van der Waals surface area contributed by atoms with Crippen LogP contribution in [-0.2, 0) is 17.6 Å². The number of aromatic nitrogens is 2. The molecule has 1 aliphatic heterocycles. The Hall–Kier alpha value is -3.71. The second kappa shape index (κ2) is 13.2. The lowest BCUT2D eigenvalue weighted by Crippen LogP contribution is -2.43. The summed E-state index contributed by atoms with van der Waals surface area (Å²) >= 11 is 6.56. The number of amides is 1. The highest BCUT2D eigenvalue weighted by molar-refractivity contribution is 6.31. The minimum atomic E-state index is -0.287. The molecule has 0 radical (unpaired) electrons. The maximum atomic E-state index is 12.5. The van der Waals surface area contributed by atoms with Gasteiger partial charge in [0.1, 0.15) is 11.8 Å². The molecule has 1 atom stereocenters. The van der Waals surface area contributed by atoms with Crippen molar-refractivity contribution in [2.45, 2.75) is 25.8 Å². The van der Waals surface area contributed by atoms with E-state index >= 15 is 0 Å². The van der Waals surface area contributed by atoms with Gasteiger partial charge in [0.2, 0.25) is 5.91 Å². The van der Waals surface area contributed by atoms with Crippen LogP contribution in [0.5, 0.6) is 5.75 Å². The first-order valence-electron chi connectivity index (χ1n) is 12.6. The fourth-order valence-electron chi connectivity index (χ4n) is 4.35. The summed E-state index contributed by atoms with van der Waals surface area (Å²) in [5.74, 6) is 0.241. The van der Waals surface area contributed by atoms with Crippen LogP contribution >= 0.6 is 11.6 Å². The molecule has 0 saturated carbocycles. The van der Waals surface area contributed by atoms with Crippen molar-refractivity contribution in [3.8, 4) is 11.8 Å². The molecular formula is C28H32ClN7O2. The molecule has 1 aliphatic rings. The van der Waals surface area contributed by atoms with Crippen molar-refractivity contribution in [2.75, 3.05) is 50.1 Å². The first-order chi connectivity index (χ1) is 18.5. The number of halogens is 1. The second-order valence-corrected chi connectivity index (χ2v) is 9.54. The van der Waals surface area contributed by atoms with Gasteiger partial charge in [-0.1, -0.05) is 23.7 Å². The summed E-state index contributed by atoms with van der Waals surface area (Å²) in [5, 5.41) is 19.2. The first-order valence-corrected chi connectivity index (χ1v) is 13.0. The summed E-state index contributed by atoms with van der Waals surface area (Å²) in [6.45, 7) is 6.99. The van der Waals surface area contributed by atoms with Crippen molar-refractivity contribution >= 4 is 28.9 Å². The van der Waals surface area contributed by atoms with Gasteiger partial charge in [-0.15, -0.1) is 0 Å². The van der Waals surface area contributed by atoms with Gasteiger partial charge in [0.25, 0.3) is 0 Å². The van der Waals surface area contributed by atoms with Gasteiger partial charge < -0.3 is 25.6 Å². The predicted octanol–water partition coefficient (Wildman–Crippen LogP) is 3.49. The maximum Gasteiger partial charge on any atom is 0.230 e. The summed E-state index contributed by atoms with van der Waals surface area (Å²) in [7, 11) is 1.55. The molecule has 9 nitrogen and oxygen atoms in total. The molecule has 1 amide bonds. The maximum absolute atomic E-state index is 12.5. The Balaban J connectivity index is 1.31. The van der Waals surface area contributed by atoms with Crippen LogP contribution in [0, 0.1) is 11.3 Å². The molecular weight excluding hydrogens is 502 g/mol. The number of nitriles is 1. The third-order valence-electron chi connectivity index (χ3n) is 6.52. The van der Waals surface area contributed by atoms with E-state index in [1.54, 1.807) is 13.2 Å². The normalized spacial score (nSPS) is 14.0. The molecule has 1 fully saturated rings. The smallest absolute Gasteiger partial charge is 0.230 e. The lowest BCUT2D eigenvalue weighted by atomic mass is 10.1. The number of methoxy groups -OCH3 is 1. The molecule has 0 spiro atoms. The van der Waals surface area contributed by atoms with Gasteiger partial charge in [0.15, 0.2) is 5.69 Å². The van der Waals surface area contributed by atoms with Crippen LogP contribution in [0.1, 0.15) is 35.5 Å². The number of nitrogens with zero attached hydrogens (tertiary/aromatic N) is 4.